The lowest BCUT2D eigenvalue weighted by Gasteiger charge is -2.30. The second-order valence-corrected chi connectivity index (χ2v) is 9.63. The van der Waals surface area contributed by atoms with Crippen molar-refractivity contribution >= 4 is 29.2 Å². The van der Waals surface area contributed by atoms with Crippen LogP contribution in [0, 0.1) is 0 Å². The molecule has 6 rings (SSSR count). The van der Waals surface area contributed by atoms with E-state index < -0.39 is 6.09 Å². The zero-order valence-electron chi connectivity index (χ0n) is 18.8. The van der Waals surface area contributed by atoms with Gasteiger partial charge in [0.05, 0.1) is 11.4 Å². The Morgan fingerprint density at radius 2 is 1.50 bits per heavy atom. The van der Waals surface area contributed by atoms with Gasteiger partial charge in [0.1, 0.15) is 6.61 Å². The smallest absolute Gasteiger partial charge is 0.407 e. The van der Waals surface area contributed by atoms with E-state index in [9.17, 15) is 4.79 Å². The maximum Gasteiger partial charge on any atom is 0.407 e. The Labute approximate surface area is 203 Å². The summed E-state index contributed by atoms with van der Waals surface area (Å²) in [4.78, 5) is 17.3. The van der Waals surface area contributed by atoms with Crippen molar-refractivity contribution in [2.75, 3.05) is 18.6 Å². The Morgan fingerprint density at radius 3 is 2.26 bits per heavy atom. The number of anilines is 2. The summed E-state index contributed by atoms with van der Waals surface area (Å²) in [6, 6.07) is 31.3. The number of fused-ring (bicyclic) bond motifs is 5. The summed E-state index contributed by atoms with van der Waals surface area (Å²) in [6.45, 7) is 0.737. The highest BCUT2D eigenvalue weighted by Gasteiger charge is 2.29. The van der Waals surface area contributed by atoms with Gasteiger partial charge in [-0.25, -0.2) is 4.79 Å². The van der Waals surface area contributed by atoms with Crippen molar-refractivity contribution in [3.63, 3.8) is 0 Å². The van der Waals surface area contributed by atoms with Crippen LogP contribution in [0.1, 0.15) is 22.6 Å². The molecule has 5 heteroatoms. The molecule has 34 heavy (non-hydrogen) atoms. The highest BCUT2D eigenvalue weighted by atomic mass is 32.2. The second-order valence-electron chi connectivity index (χ2n) is 8.57. The van der Waals surface area contributed by atoms with E-state index in [1.165, 1.54) is 37.7 Å². The first-order valence-electron chi connectivity index (χ1n) is 11.4. The number of alkyl carbamates (subject to hydrolysis) is 1. The van der Waals surface area contributed by atoms with Gasteiger partial charge in [-0.1, -0.05) is 84.6 Å². The van der Waals surface area contributed by atoms with Gasteiger partial charge < -0.3 is 15.0 Å². The number of ether oxygens (including phenoxy) is 1. The molecule has 0 unspecified atom stereocenters. The summed E-state index contributed by atoms with van der Waals surface area (Å²) >= 11 is 1.75. The van der Waals surface area contributed by atoms with Crippen LogP contribution in [0.4, 0.5) is 16.2 Å². The van der Waals surface area contributed by atoms with Gasteiger partial charge in [-0.3, -0.25) is 0 Å². The van der Waals surface area contributed by atoms with Crippen LogP contribution >= 0.6 is 11.8 Å². The molecule has 4 aromatic rings. The fraction of sp³-hybridized carbons (Fsp3) is 0.138. The van der Waals surface area contributed by atoms with Crippen molar-refractivity contribution in [2.45, 2.75) is 22.3 Å². The molecular formula is C29H24N2O2S. The second kappa shape index (κ2) is 8.58. The van der Waals surface area contributed by atoms with Gasteiger partial charge in [0, 0.05) is 29.3 Å². The lowest BCUT2D eigenvalue weighted by Crippen LogP contribution is -2.26. The Balaban J connectivity index is 1.15. The monoisotopic (exact) mass is 464 g/mol. The third-order valence-electron chi connectivity index (χ3n) is 6.64. The van der Waals surface area contributed by atoms with Gasteiger partial charge in [0.15, 0.2) is 0 Å². The molecule has 0 aromatic heterocycles. The third kappa shape index (κ3) is 3.53. The molecule has 1 aliphatic heterocycles. The number of hydrogen-bond acceptors (Lipinski definition) is 4. The van der Waals surface area contributed by atoms with Crippen LogP contribution in [0.2, 0.25) is 0 Å². The van der Waals surface area contributed by atoms with Crippen LogP contribution in [0.25, 0.3) is 11.1 Å². The van der Waals surface area contributed by atoms with Gasteiger partial charge in [-0.2, -0.15) is 0 Å². The highest BCUT2D eigenvalue weighted by molar-refractivity contribution is 7.99. The van der Waals surface area contributed by atoms with Gasteiger partial charge in [-0.15, -0.1) is 0 Å². The minimum Gasteiger partial charge on any atom is -0.449 e. The summed E-state index contributed by atoms with van der Waals surface area (Å²) in [5, 5.41) is 2.97. The summed E-state index contributed by atoms with van der Waals surface area (Å²) in [6.07, 6.45) is -0.394. The van der Waals surface area contributed by atoms with Gasteiger partial charge in [-0.05, 0) is 46.0 Å². The van der Waals surface area contributed by atoms with E-state index in [2.05, 4.69) is 90.1 Å². The van der Waals surface area contributed by atoms with E-state index >= 15 is 0 Å². The maximum absolute atomic E-state index is 12.7. The SMILES string of the molecule is CN1c2ccccc2Sc2c(CNC(=O)OCC3c4ccccc4-c4ccccc43)cccc21. The molecule has 1 heterocycles. The zero-order chi connectivity index (χ0) is 23.1. The van der Waals surface area contributed by atoms with Crippen molar-refractivity contribution < 1.29 is 9.53 Å². The number of hydrogen-bond donors (Lipinski definition) is 1. The molecule has 168 valence electrons. The van der Waals surface area contributed by atoms with E-state index in [4.69, 9.17) is 4.74 Å². The Kier molecular flexibility index (Phi) is 5.27. The first kappa shape index (κ1) is 20.9. The molecule has 1 aliphatic carbocycles. The predicted octanol–water partition coefficient (Wildman–Crippen LogP) is 6.96. The van der Waals surface area contributed by atoms with E-state index in [1.54, 1.807) is 11.8 Å². The van der Waals surface area contributed by atoms with E-state index in [0.717, 1.165) is 11.3 Å². The van der Waals surface area contributed by atoms with Crippen LogP contribution in [0.5, 0.6) is 0 Å². The lowest BCUT2D eigenvalue weighted by atomic mass is 9.98. The summed E-state index contributed by atoms with van der Waals surface area (Å²) < 4.78 is 5.72. The topological polar surface area (TPSA) is 41.6 Å². The molecule has 4 nitrogen and oxygen atoms in total. The van der Waals surface area contributed by atoms with Gasteiger partial charge >= 0.3 is 6.09 Å². The Hall–Kier alpha value is -3.70. The predicted molar refractivity (Wildman–Crippen MR) is 137 cm³/mol. The van der Waals surface area contributed by atoms with Gasteiger partial charge in [0.2, 0.25) is 0 Å². The van der Waals surface area contributed by atoms with E-state index in [0.29, 0.717) is 13.2 Å². The average Bonchev–Trinajstić information content (AvgIpc) is 3.20. The number of carbonyl (C=O) groups excluding carboxylic acids is 1. The van der Waals surface area contributed by atoms with Crippen LogP contribution in [0.15, 0.2) is 101 Å². The number of rotatable bonds is 4. The molecule has 0 saturated heterocycles. The first-order valence-corrected chi connectivity index (χ1v) is 12.2. The number of benzene rings is 4. The molecule has 4 aromatic carbocycles. The number of para-hydroxylation sites is 1. The summed E-state index contributed by atoms with van der Waals surface area (Å²) in [5.41, 5.74) is 8.31. The van der Waals surface area contributed by atoms with Crippen molar-refractivity contribution in [1.29, 1.82) is 0 Å². The Morgan fingerprint density at radius 1 is 0.853 bits per heavy atom. The van der Waals surface area contributed by atoms with Gasteiger partial charge in [0.25, 0.3) is 0 Å². The maximum atomic E-state index is 12.7. The molecule has 0 fully saturated rings. The van der Waals surface area contributed by atoms with Crippen LogP contribution in [0.3, 0.4) is 0 Å². The Bertz CT molecular complexity index is 1360. The number of carbonyl (C=O) groups is 1. The number of amides is 1. The lowest BCUT2D eigenvalue weighted by molar-refractivity contribution is 0.142. The molecule has 0 atom stereocenters. The summed E-state index contributed by atoms with van der Waals surface area (Å²) in [5.74, 6) is 0.0586. The standard InChI is InChI=1S/C29H24N2O2S/c1-31-25-14-6-7-16-27(25)34-28-19(9-8-15-26(28)31)17-30-29(32)33-18-24-22-12-4-2-10-20(22)21-11-3-5-13-23(21)24/h2-16,24H,17-18H2,1H3,(H,30,32). The van der Waals surface area contributed by atoms with Crippen molar-refractivity contribution in [1.82, 2.24) is 5.32 Å². The number of nitrogens with one attached hydrogen (secondary N) is 1. The largest absolute Gasteiger partial charge is 0.449 e. The van der Waals surface area contributed by atoms with Crippen LogP contribution < -0.4 is 10.2 Å². The molecule has 2 aliphatic rings. The van der Waals surface area contributed by atoms with Crippen molar-refractivity contribution in [2.24, 2.45) is 0 Å². The fourth-order valence-electron chi connectivity index (χ4n) is 4.97. The van der Waals surface area contributed by atoms with Crippen molar-refractivity contribution in [3.05, 3.63) is 108 Å². The fourth-order valence-corrected chi connectivity index (χ4v) is 6.23. The highest BCUT2D eigenvalue weighted by Crippen LogP contribution is 2.48. The molecule has 1 N–H and O–H groups in total. The first-order chi connectivity index (χ1) is 16.7. The molecule has 0 bridgehead atoms. The van der Waals surface area contributed by atoms with Crippen molar-refractivity contribution in [3.8, 4) is 11.1 Å². The molecule has 0 spiro atoms. The normalized spacial score (nSPS) is 13.5. The molecular weight excluding hydrogens is 440 g/mol. The summed E-state index contributed by atoms with van der Waals surface area (Å²) in [7, 11) is 2.08. The molecule has 0 radical (unpaired) electrons. The molecule has 0 saturated carbocycles. The average molecular weight is 465 g/mol. The van der Waals surface area contributed by atoms with Crippen LogP contribution in [-0.4, -0.2) is 19.7 Å². The van der Waals surface area contributed by atoms with Crippen LogP contribution in [-0.2, 0) is 11.3 Å². The quantitative estimate of drug-likeness (QED) is 0.355. The van der Waals surface area contributed by atoms with E-state index in [-0.39, 0.29) is 5.92 Å². The minimum absolute atomic E-state index is 0.0586. The molecule has 1 amide bonds. The minimum atomic E-state index is -0.394. The van der Waals surface area contributed by atoms with E-state index in [1.807, 2.05) is 18.2 Å². The zero-order valence-corrected chi connectivity index (χ0v) is 19.6. The third-order valence-corrected chi connectivity index (χ3v) is 7.88. The number of nitrogens with zero attached hydrogens (tertiary/aromatic N) is 1.